The molecule has 0 bridgehead atoms. The van der Waals surface area contributed by atoms with Crippen LogP contribution in [0, 0.1) is 6.92 Å². The third kappa shape index (κ3) is 5.66. The summed E-state index contributed by atoms with van der Waals surface area (Å²) in [6.45, 7) is 4.81. The number of aryl methyl sites for hydroxylation is 1. The van der Waals surface area contributed by atoms with E-state index >= 15 is 0 Å². The normalized spacial score (nSPS) is 13.5. The van der Waals surface area contributed by atoms with Gasteiger partial charge in [-0.25, -0.2) is 0 Å². The van der Waals surface area contributed by atoms with Gasteiger partial charge < -0.3 is 19.5 Å². The topological polar surface area (TPSA) is 65.8 Å². The number of carbonyl (C=O) groups excluding carboxylic acids is 2. The average molecular weight is 534 g/mol. The summed E-state index contributed by atoms with van der Waals surface area (Å²) in [6, 6.07) is 23.8. The zero-order chi connectivity index (χ0) is 25.9. The van der Waals surface area contributed by atoms with Crippen LogP contribution >= 0.6 is 23.2 Å². The molecule has 188 valence electrons. The number of halogens is 2. The molecule has 0 spiro atoms. The van der Waals surface area contributed by atoms with Crippen molar-refractivity contribution in [3.05, 3.63) is 106 Å². The number of anilines is 2. The molecule has 1 aliphatic rings. The zero-order valence-corrected chi connectivity index (χ0v) is 21.7. The molecular formula is C29H25Cl2N3O3. The summed E-state index contributed by atoms with van der Waals surface area (Å²) < 4.78 is 5.73. The Labute approximate surface area is 225 Å². The van der Waals surface area contributed by atoms with Crippen LogP contribution in [0.5, 0.6) is 0 Å². The molecule has 8 heteroatoms. The number of carbonyl (C=O) groups is 2. The molecule has 1 fully saturated rings. The summed E-state index contributed by atoms with van der Waals surface area (Å²) in [5, 5.41) is 3.84. The molecule has 0 radical (unpaired) electrons. The van der Waals surface area contributed by atoms with E-state index in [0.717, 1.165) is 29.9 Å². The number of benzene rings is 3. The minimum absolute atomic E-state index is 0.0668. The number of hydrogen-bond donors (Lipinski definition) is 1. The molecule has 1 saturated heterocycles. The molecule has 1 aromatic heterocycles. The number of furan rings is 1. The Balaban J connectivity index is 1.17. The zero-order valence-electron chi connectivity index (χ0n) is 20.2. The van der Waals surface area contributed by atoms with Crippen molar-refractivity contribution in [1.82, 2.24) is 4.90 Å². The van der Waals surface area contributed by atoms with Crippen LogP contribution in [0.4, 0.5) is 11.4 Å². The fraction of sp³-hybridized carbons (Fsp3) is 0.172. The second kappa shape index (κ2) is 10.7. The lowest BCUT2D eigenvalue weighted by Crippen LogP contribution is -2.48. The SMILES string of the molecule is Cc1ccc(C(=O)N2CCN(c3ccc(NC(=O)c4ccc(-c5ccc(Cl)cc5Cl)o4)cc3)CC2)cc1. The van der Waals surface area contributed by atoms with Gasteiger partial charge in [-0.15, -0.1) is 0 Å². The van der Waals surface area contributed by atoms with Gasteiger partial charge in [-0.3, -0.25) is 9.59 Å². The lowest BCUT2D eigenvalue weighted by molar-refractivity contribution is 0.0746. The van der Waals surface area contributed by atoms with Crippen molar-refractivity contribution >= 4 is 46.4 Å². The summed E-state index contributed by atoms with van der Waals surface area (Å²) in [5.41, 5.74) is 4.22. The lowest BCUT2D eigenvalue weighted by Gasteiger charge is -2.36. The van der Waals surface area contributed by atoms with E-state index < -0.39 is 0 Å². The predicted molar refractivity (Wildman–Crippen MR) is 148 cm³/mol. The number of nitrogens with one attached hydrogen (secondary N) is 1. The van der Waals surface area contributed by atoms with Crippen molar-refractivity contribution in [2.24, 2.45) is 0 Å². The Kier molecular flexibility index (Phi) is 7.22. The van der Waals surface area contributed by atoms with Gasteiger partial charge in [-0.2, -0.15) is 0 Å². The smallest absolute Gasteiger partial charge is 0.291 e. The third-order valence-electron chi connectivity index (χ3n) is 6.38. The van der Waals surface area contributed by atoms with E-state index in [4.69, 9.17) is 27.6 Å². The van der Waals surface area contributed by atoms with Crippen molar-refractivity contribution in [2.75, 3.05) is 36.4 Å². The van der Waals surface area contributed by atoms with Crippen molar-refractivity contribution in [1.29, 1.82) is 0 Å². The van der Waals surface area contributed by atoms with Crippen LogP contribution in [-0.4, -0.2) is 42.9 Å². The highest BCUT2D eigenvalue weighted by molar-refractivity contribution is 6.36. The fourth-order valence-corrected chi connectivity index (χ4v) is 4.79. The van der Waals surface area contributed by atoms with Crippen LogP contribution in [-0.2, 0) is 0 Å². The Morgan fingerprint density at radius 1 is 0.838 bits per heavy atom. The highest BCUT2D eigenvalue weighted by Crippen LogP contribution is 2.32. The van der Waals surface area contributed by atoms with Crippen molar-refractivity contribution in [3.63, 3.8) is 0 Å². The van der Waals surface area contributed by atoms with E-state index in [2.05, 4.69) is 10.2 Å². The van der Waals surface area contributed by atoms with Crippen LogP contribution in [0.15, 0.2) is 83.3 Å². The first-order valence-corrected chi connectivity index (χ1v) is 12.7. The first-order valence-electron chi connectivity index (χ1n) is 11.9. The van der Waals surface area contributed by atoms with Crippen LogP contribution in [0.2, 0.25) is 10.0 Å². The Morgan fingerprint density at radius 3 is 2.22 bits per heavy atom. The first kappa shape index (κ1) is 24.9. The lowest BCUT2D eigenvalue weighted by atomic mass is 10.1. The van der Waals surface area contributed by atoms with Gasteiger partial charge in [0.2, 0.25) is 0 Å². The molecule has 5 rings (SSSR count). The molecule has 1 aliphatic heterocycles. The number of piperazine rings is 1. The maximum atomic E-state index is 12.8. The molecule has 37 heavy (non-hydrogen) atoms. The van der Waals surface area contributed by atoms with E-state index in [0.29, 0.717) is 40.1 Å². The number of amides is 2. The van der Waals surface area contributed by atoms with Gasteiger partial charge in [0.15, 0.2) is 5.76 Å². The standard InChI is InChI=1S/C29H25Cl2N3O3/c1-19-2-4-20(5-3-19)29(36)34-16-14-33(15-17-34)23-9-7-22(8-10-23)32-28(35)27-13-12-26(37-27)24-11-6-21(30)18-25(24)31/h2-13,18H,14-17H2,1H3,(H,32,35). The van der Waals surface area contributed by atoms with Crippen LogP contribution in [0.25, 0.3) is 11.3 Å². The van der Waals surface area contributed by atoms with Crippen LogP contribution < -0.4 is 10.2 Å². The third-order valence-corrected chi connectivity index (χ3v) is 6.93. The number of hydrogen-bond acceptors (Lipinski definition) is 4. The second-order valence-electron chi connectivity index (χ2n) is 8.93. The monoisotopic (exact) mass is 533 g/mol. The van der Waals surface area contributed by atoms with E-state index in [1.165, 1.54) is 0 Å². The Hall–Kier alpha value is -3.74. The van der Waals surface area contributed by atoms with E-state index in [1.54, 1.807) is 30.3 Å². The van der Waals surface area contributed by atoms with Crippen LogP contribution in [0.1, 0.15) is 26.5 Å². The van der Waals surface area contributed by atoms with Gasteiger partial charge in [0.05, 0.1) is 5.02 Å². The first-order chi connectivity index (χ1) is 17.9. The van der Waals surface area contributed by atoms with E-state index in [1.807, 2.05) is 60.4 Å². The molecule has 6 nitrogen and oxygen atoms in total. The highest BCUT2D eigenvalue weighted by atomic mass is 35.5. The van der Waals surface area contributed by atoms with Gasteiger partial charge in [0, 0.05) is 53.7 Å². The molecule has 2 heterocycles. The molecule has 0 aliphatic carbocycles. The second-order valence-corrected chi connectivity index (χ2v) is 9.78. The Morgan fingerprint density at radius 2 is 1.54 bits per heavy atom. The van der Waals surface area contributed by atoms with E-state index in [-0.39, 0.29) is 17.6 Å². The van der Waals surface area contributed by atoms with Gasteiger partial charge in [-0.1, -0.05) is 40.9 Å². The maximum absolute atomic E-state index is 12.8. The number of rotatable bonds is 5. The van der Waals surface area contributed by atoms with Gasteiger partial charge in [0.25, 0.3) is 11.8 Å². The summed E-state index contributed by atoms with van der Waals surface area (Å²) in [4.78, 5) is 29.6. The van der Waals surface area contributed by atoms with Crippen LogP contribution in [0.3, 0.4) is 0 Å². The Bertz CT molecular complexity index is 1420. The highest BCUT2D eigenvalue weighted by Gasteiger charge is 2.22. The molecular weight excluding hydrogens is 509 g/mol. The summed E-state index contributed by atoms with van der Waals surface area (Å²) in [7, 11) is 0. The molecule has 2 amide bonds. The molecule has 3 aromatic carbocycles. The van der Waals surface area contributed by atoms with Gasteiger partial charge >= 0.3 is 0 Å². The van der Waals surface area contributed by atoms with Gasteiger partial charge in [0.1, 0.15) is 5.76 Å². The quantitative estimate of drug-likeness (QED) is 0.307. The average Bonchev–Trinajstić information content (AvgIpc) is 3.40. The minimum Gasteiger partial charge on any atom is -0.451 e. The molecule has 0 saturated carbocycles. The summed E-state index contributed by atoms with van der Waals surface area (Å²) in [5.74, 6) is 0.381. The van der Waals surface area contributed by atoms with Crippen molar-refractivity contribution < 1.29 is 14.0 Å². The van der Waals surface area contributed by atoms with Crippen molar-refractivity contribution in [2.45, 2.75) is 6.92 Å². The molecule has 1 N–H and O–H groups in total. The van der Waals surface area contributed by atoms with Crippen molar-refractivity contribution in [3.8, 4) is 11.3 Å². The number of nitrogens with zero attached hydrogens (tertiary/aromatic N) is 2. The largest absolute Gasteiger partial charge is 0.451 e. The molecule has 0 atom stereocenters. The van der Waals surface area contributed by atoms with Gasteiger partial charge in [-0.05, 0) is 73.7 Å². The summed E-state index contributed by atoms with van der Waals surface area (Å²) >= 11 is 12.2. The summed E-state index contributed by atoms with van der Waals surface area (Å²) in [6.07, 6.45) is 0. The van der Waals surface area contributed by atoms with E-state index in [9.17, 15) is 9.59 Å². The fourth-order valence-electron chi connectivity index (χ4n) is 4.29. The molecule has 4 aromatic rings. The minimum atomic E-state index is -0.354. The maximum Gasteiger partial charge on any atom is 0.291 e. The molecule has 0 unspecified atom stereocenters. The predicted octanol–water partition coefficient (Wildman–Crippen LogP) is 6.78.